The van der Waals surface area contributed by atoms with E-state index >= 15 is 0 Å². The third-order valence-corrected chi connectivity index (χ3v) is 6.23. The zero-order chi connectivity index (χ0) is 21.1. The molecule has 0 saturated carbocycles. The summed E-state index contributed by atoms with van der Waals surface area (Å²) < 4.78 is 12.7. The van der Waals surface area contributed by atoms with Crippen LogP contribution in [0.1, 0.15) is 48.7 Å². The van der Waals surface area contributed by atoms with Crippen molar-refractivity contribution in [1.29, 1.82) is 0 Å². The van der Waals surface area contributed by atoms with Crippen LogP contribution >= 0.6 is 15.9 Å². The molecule has 30 heavy (non-hydrogen) atoms. The molecule has 0 unspecified atom stereocenters. The SMILES string of the molecule is Cc1nnc(CC[C@]2(c3ccccc3)CCN([C@@H](C)c3ccc(Br)cc3)C(=O)O2)o1. The Morgan fingerprint density at radius 2 is 1.87 bits per heavy atom. The molecule has 0 bridgehead atoms. The van der Waals surface area contributed by atoms with Crippen LogP contribution in [0.2, 0.25) is 0 Å². The van der Waals surface area contributed by atoms with Crippen LogP contribution in [0.3, 0.4) is 0 Å². The molecule has 0 N–H and O–H groups in total. The molecule has 4 rings (SSSR count). The third kappa shape index (κ3) is 4.26. The summed E-state index contributed by atoms with van der Waals surface area (Å²) in [5, 5.41) is 7.99. The highest BCUT2D eigenvalue weighted by molar-refractivity contribution is 9.10. The average Bonchev–Trinajstić information content (AvgIpc) is 3.18. The average molecular weight is 470 g/mol. The van der Waals surface area contributed by atoms with E-state index in [-0.39, 0.29) is 12.1 Å². The maximum absolute atomic E-state index is 13.1. The smallest absolute Gasteiger partial charge is 0.411 e. The van der Waals surface area contributed by atoms with Crippen LogP contribution in [0.15, 0.2) is 63.5 Å². The van der Waals surface area contributed by atoms with Crippen LogP contribution in [0.4, 0.5) is 4.79 Å². The Labute approximate surface area is 184 Å². The van der Waals surface area contributed by atoms with Gasteiger partial charge in [0.2, 0.25) is 11.8 Å². The van der Waals surface area contributed by atoms with Crippen LogP contribution in [0.5, 0.6) is 0 Å². The molecule has 1 saturated heterocycles. The minimum absolute atomic E-state index is 0.0713. The maximum Gasteiger partial charge on any atom is 0.411 e. The van der Waals surface area contributed by atoms with E-state index in [1.807, 2.05) is 61.5 Å². The summed E-state index contributed by atoms with van der Waals surface area (Å²) in [6.07, 6.45) is 1.52. The monoisotopic (exact) mass is 469 g/mol. The molecule has 1 aromatic heterocycles. The Morgan fingerprint density at radius 1 is 1.13 bits per heavy atom. The van der Waals surface area contributed by atoms with Gasteiger partial charge in [-0.1, -0.05) is 58.4 Å². The number of cyclic esters (lactones) is 1. The second-order valence-electron chi connectivity index (χ2n) is 7.61. The van der Waals surface area contributed by atoms with Gasteiger partial charge in [0.15, 0.2) is 0 Å². The lowest BCUT2D eigenvalue weighted by molar-refractivity contribution is -0.0660. The minimum atomic E-state index is -0.712. The third-order valence-electron chi connectivity index (χ3n) is 5.70. The van der Waals surface area contributed by atoms with Gasteiger partial charge < -0.3 is 14.1 Å². The fourth-order valence-electron chi connectivity index (χ4n) is 3.96. The van der Waals surface area contributed by atoms with Crippen molar-refractivity contribution in [1.82, 2.24) is 15.1 Å². The number of ether oxygens (including phenoxy) is 1. The van der Waals surface area contributed by atoms with Crippen LogP contribution in [-0.4, -0.2) is 27.7 Å². The van der Waals surface area contributed by atoms with Crippen molar-refractivity contribution in [3.05, 3.63) is 82.0 Å². The molecule has 7 heteroatoms. The normalized spacial score (nSPS) is 20.1. The Kier molecular flexibility index (Phi) is 5.90. The highest BCUT2D eigenvalue weighted by atomic mass is 79.9. The lowest BCUT2D eigenvalue weighted by Crippen LogP contribution is -2.49. The summed E-state index contributed by atoms with van der Waals surface area (Å²) in [7, 11) is 0. The molecule has 3 aromatic rings. The Bertz CT molecular complexity index is 1010. The highest BCUT2D eigenvalue weighted by Crippen LogP contribution is 2.40. The van der Waals surface area contributed by atoms with Crippen molar-refractivity contribution in [2.45, 2.75) is 44.8 Å². The highest BCUT2D eigenvalue weighted by Gasteiger charge is 2.43. The maximum atomic E-state index is 13.1. The number of hydrogen-bond acceptors (Lipinski definition) is 5. The second-order valence-corrected chi connectivity index (χ2v) is 8.53. The second kappa shape index (κ2) is 8.60. The van der Waals surface area contributed by atoms with Gasteiger partial charge in [-0.2, -0.15) is 0 Å². The summed E-state index contributed by atoms with van der Waals surface area (Å²) in [5.74, 6) is 1.10. The van der Waals surface area contributed by atoms with Gasteiger partial charge in [-0.25, -0.2) is 4.79 Å². The van der Waals surface area contributed by atoms with Gasteiger partial charge in [-0.3, -0.25) is 0 Å². The van der Waals surface area contributed by atoms with Gasteiger partial charge in [0.1, 0.15) is 5.60 Å². The molecule has 1 aliphatic heterocycles. The first kappa shape index (κ1) is 20.6. The summed E-state index contributed by atoms with van der Waals surface area (Å²) in [6.45, 7) is 4.40. The fraction of sp³-hybridized carbons (Fsp3) is 0.348. The van der Waals surface area contributed by atoms with E-state index in [1.165, 1.54) is 0 Å². The molecule has 0 radical (unpaired) electrons. The molecule has 0 spiro atoms. The van der Waals surface area contributed by atoms with Crippen molar-refractivity contribution in [3.8, 4) is 0 Å². The largest absolute Gasteiger partial charge is 0.438 e. The topological polar surface area (TPSA) is 68.5 Å². The zero-order valence-corrected chi connectivity index (χ0v) is 18.6. The number of aromatic nitrogens is 2. The number of carbonyl (C=O) groups is 1. The molecule has 1 amide bonds. The predicted octanol–water partition coefficient (Wildman–Crippen LogP) is 5.57. The Balaban J connectivity index is 1.55. The molecule has 6 nitrogen and oxygen atoms in total. The first-order valence-corrected chi connectivity index (χ1v) is 10.9. The number of halogens is 1. The first-order valence-electron chi connectivity index (χ1n) is 10.1. The van der Waals surface area contributed by atoms with Crippen LogP contribution < -0.4 is 0 Å². The number of rotatable bonds is 6. The number of benzene rings is 2. The van der Waals surface area contributed by atoms with Crippen molar-refractivity contribution in [3.63, 3.8) is 0 Å². The van der Waals surface area contributed by atoms with E-state index in [0.717, 1.165) is 15.6 Å². The van der Waals surface area contributed by atoms with Gasteiger partial charge in [0, 0.05) is 37.2 Å². The molecule has 2 heterocycles. The zero-order valence-electron chi connectivity index (χ0n) is 17.0. The fourth-order valence-corrected chi connectivity index (χ4v) is 4.22. The number of amides is 1. The molecular weight excluding hydrogens is 446 g/mol. The summed E-state index contributed by atoms with van der Waals surface area (Å²) >= 11 is 3.46. The van der Waals surface area contributed by atoms with E-state index in [0.29, 0.717) is 37.6 Å². The number of nitrogens with zero attached hydrogens (tertiary/aromatic N) is 3. The molecular formula is C23H24BrN3O3. The van der Waals surface area contributed by atoms with Gasteiger partial charge in [-0.15, -0.1) is 10.2 Å². The standard InChI is InChI=1S/C23H24BrN3O3/c1-16(18-8-10-20(24)11-9-18)27-15-14-23(30-22(27)28,19-6-4-3-5-7-19)13-12-21-26-25-17(2)29-21/h3-11,16H,12-15H2,1-2H3/t16-,23+/m0/s1. The van der Waals surface area contributed by atoms with Gasteiger partial charge >= 0.3 is 6.09 Å². The van der Waals surface area contributed by atoms with Crippen LogP contribution in [-0.2, 0) is 16.8 Å². The van der Waals surface area contributed by atoms with Crippen molar-refractivity contribution in [2.75, 3.05) is 6.54 Å². The van der Waals surface area contributed by atoms with E-state index in [1.54, 1.807) is 11.8 Å². The van der Waals surface area contributed by atoms with Gasteiger partial charge in [0.05, 0.1) is 6.04 Å². The predicted molar refractivity (Wildman–Crippen MR) is 116 cm³/mol. The molecule has 1 fully saturated rings. The summed E-state index contributed by atoms with van der Waals surface area (Å²) in [4.78, 5) is 14.9. The van der Waals surface area contributed by atoms with E-state index in [2.05, 4.69) is 26.1 Å². The lowest BCUT2D eigenvalue weighted by atomic mass is 9.84. The van der Waals surface area contributed by atoms with Crippen molar-refractivity contribution < 1.29 is 13.9 Å². The van der Waals surface area contributed by atoms with Crippen LogP contribution in [0, 0.1) is 6.92 Å². The molecule has 1 aliphatic rings. The van der Waals surface area contributed by atoms with Crippen LogP contribution in [0.25, 0.3) is 0 Å². The van der Waals surface area contributed by atoms with E-state index < -0.39 is 5.60 Å². The van der Waals surface area contributed by atoms with Crippen molar-refractivity contribution in [2.24, 2.45) is 0 Å². The minimum Gasteiger partial charge on any atom is -0.438 e. The molecule has 156 valence electrons. The molecule has 0 aliphatic carbocycles. The number of aryl methyl sites for hydroxylation is 2. The van der Waals surface area contributed by atoms with Gasteiger partial charge in [0.25, 0.3) is 0 Å². The van der Waals surface area contributed by atoms with E-state index in [4.69, 9.17) is 9.15 Å². The number of carbonyl (C=O) groups excluding carboxylic acids is 1. The summed E-state index contributed by atoms with van der Waals surface area (Å²) in [6, 6.07) is 17.9. The van der Waals surface area contributed by atoms with Gasteiger partial charge in [-0.05, 0) is 30.2 Å². The summed E-state index contributed by atoms with van der Waals surface area (Å²) in [5.41, 5.74) is 1.35. The first-order chi connectivity index (χ1) is 14.5. The van der Waals surface area contributed by atoms with Crippen molar-refractivity contribution >= 4 is 22.0 Å². The molecule has 2 atom stereocenters. The number of hydrogen-bond donors (Lipinski definition) is 0. The Hall–Kier alpha value is -2.67. The van der Waals surface area contributed by atoms with E-state index in [9.17, 15) is 4.79 Å². The Morgan fingerprint density at radius 3 is 2.50 bits per heavy atom. The molecule has 2 aromatic carbocycles. The lowest BCUT2D eigenvalue weighted by Gasteiger charge is -2.43. The quantitative estimate of drug-likeness (QED) is 0.471.